The summed E-state index contributed by atoms with van der Waals surface area (Å²) < 4.78 is 35.8. The predicted octanol–water partition coefficient (Wildman–Crippen LogP) is 3.57. The summed E-state index contributed by atoms with van der Waals surface area (Å²) in [6.07, 6.45) is -2.74. The number of alkyl halides is 3. The lowest BCUT2D eigenvalue weighted by molar-refractivity contribution is -0.0881. The maximum atomic E-state index is 11.9. The van der Waals surface area contributed by atoms with E-state index in [4.69, 9.17) is 0 Å². The number of allylic oxidation sites excluding steroid dienone is 4. The van der Waals surface area contributed by atoms with Gasteiger partial charge in [0.2, 0.25) is 0 Å². The van der Waals surface area contributed by atoms with Crippen molar-refractivity contribution >= 4 is 15.9 Å². The van der Waals surface area contributed by atoms with Gasteiger partial charge < -0.3 is 0 Å². The number of hydrogen-bond acceptors (Lipinski definition) is 0. The van der Waals surface area contributed by atoms with Crippen LogP contribution in [0.4, 0.5) is 13.2 Å². The first-order valence-electron chi connectivity index (χ1n) is 2.63. The first-order valence-corrected chi connectivity index (χ1v) is 3.43. The molecule has 62 valence electrons. The van der Waals surface area contributed by atoms with E-state index < -0.39 is 11.7 Å². The SMILES string of the molecule is C=C/C(=C\C(=C)Br)C(F)(F)F. The van der Waals surface area contributed by atoms with E-state index in [1.807, 2.05) is 0 Å². The second-order valence-corrected chi connectivity index (χ2v) is 2.77. The third kappa shape index (κ3) is 4.03. The Labute approximate surface area is 71.2 Å². The van der Waals surface area contributed by atoms with Crippen molar-refractivity contribution in [1.82, 2.24) is 0 Å². The van der Waals surface area contributed by atoms with Crippen LogP contribution in [0.2, 0.25) is 0 Å². The average molecular weight is 227 g/mol. The molecule has 0 aromatic carbocycles. The molecule has 0 aromatic rings. The summed E-state index contributed by atoms with van der Waals surface area (Å²) in [5.74, 6) is 0. The van der Waals surface area contributed by atoms with Gasteiger partial charge >= 0.3 is 6.18 Å². The molecule has 0 nitrogen and oxygen atoms in total. The summed E-state index contributed by atoms with van der Waals surface area (Å²) in [6.45, 7) is 6.28. The lowest BCUT2D eigenvalue weighted by Crippen LogP contribution is -2.09. The largest absolute Gasteiger partial charge is 0.416 e. The van der Waals surface area contributed by atoms with Crippen LogP contribution >= 0.6 is 15.9 Å². The van der Waals surface area contributed by atoms with E-state index in [1.165, 1.54) is 0 Å². The van der Waals surface area contributed by atoms with Crippen LogP contribution in [0.3, 0.4) is 0 Å². The fourth-order valence-corrected chi connectivity index (χ4v) is 0.672. The van der Waals surface area contributed by atoms with Gasteiger partial charge in [0.1, 0.15) is 0 Å². The molecule has 0 radical (unpaired) electrons. The van der Waals surface area contributed by atoms with Gasteiger partial charge in [-0.05, 0) is 6.08 Å². The molecule has 0 aliphatic carbocycles. The van der Waals surface area contributed by atoms with Gasteiger partial charge in [-0.2, -0.15) is 13.2 Å². The summed E-state index contributed by atoms with van der Waals surface area (Å²) in [5, 5.41) is 0. The molecule has 0 aliphatic heterocycles. The number of halogens is 4. The molecule has 0 amide bonds. The van der Waals surface area contributed by atoms with Crippen LogP contribution in [0.1, 0.15) is 0 Å². The first kappa shape index (κ1) is 10.5. The Balaban J connectivity index is 4.68. The van der Waals surface area contributed by atoms with Crippen LogP contribution in [-0.2, 0) is 0 Å². The van der Waals surface area contributed by atoms with Gasteiger partial charge in [-0.3, -0.25) is 0 Å². The van der Waals surface area contributed by atoms with Gasteiger partial charge in [0.05, 0.1) is 5.57 Å². The molecule has 0 bridgehead atoms. The van der Waals surface area contributed by atoms with E-state index in [0.717, 1.165) is 12.2 Å². The molecule has 4 heteroatoms. The highest BCUT2D eigenvalue weighted by Gasteiger charge is 2.31. The first-order chi connectivity index (χ1) is 4.88. The van der Waals surface area contributed by atoms with Crippen molar-refractivity contribution in [3.8, 4) is 0 Å². The molecule has 0 saturated heterocycles. The molecule has 0 spiro atoms. The topological polar surface area (TPSA) is 0 Å². The van der Waals surface area contributed by atoms with Crippen LogP contribution in [0.5, 0.6) is 0 Å². The Morgan fingerprint density at radius 1 is 1.36 bits per heavy atom. The van der Waals surface area contributed by atoms with Crippen molar-refractivity contribution < 1.29 is 13.2 Å². The van der Waals surface area contributed by atoms with Gasteiger partial charge in [-0.1, -0.05) is 35.2 Å². The third-order valence-corrected chi connectivity index (χ3v) is 1.09. The van der Waals surface area contributed by atoms with Crippen LogP contribution < -0.4 is 0 Å². The van der Waals surface area contributed by atoms with E-state index in [9.17, 15) is 13.2 Å². The molecule has 0 fully saturated rings. The minimum absolute atomic E-state index is 0.171. The van der Waals surface area contributed by atoms with Gasteiger partial charge in [0.15, 0.2) is 0 Å². The molecule has 11 heavy (non-hydrogen) atoms. The molecule has 0 aliphatic rings. The maximum absolute atomic E-state index is 11.9. The van der Waals surface area contributed by atoms with E-state index in [2.05, 4.69) is 29.1 Å². The van der Waals surface area contributed by atoms with Gasteiger partial charge in [0, 0.05) is 4.48 Å². The summed E-state index contributed by atoms with van der Waals surface area (Å²) >= 11 is 2.79. The Bertz CT molecular complexity index is 200. The van der Waals surface area contributed by atoms with Crippen LogP contribution in [-0.4, -0.2) is 6.18 Å². The summed E-state index contributed by atoms with van der Waals surface area (Å²) in [6, 6.07) is 0. The molecule has 0 aromatic heterocycles. The molecule has 0 atom stereocenters. The lowest BCUT2D eigenvalue weighted by atomic mass is 10.2. The van der Waals surface area contributed by atoms with E-state index >= 15 is 0 Å². The monoisotopic (exact) mass is 226 g/mol. The zero-order valence-corrected chi connectivity index (χ0v) is 7.17. The van der Waals surface area contributed by atoms with E-state index in [0.29, 0.717) is 0 Å². The minimum atomic E-state index is -4.35. The highest BCUT2D eigenvalue weighted by atomic mass is 79.9. The number of hydrogen-bond donors (Lipinski definition) is 0. The Morgan fingerprint density at radius 3 is 1.91 bits per heavy atom. The van der Waals surface area contributed by atoms with E-state index in [1.54, 1.807) is 0 Å². The average Bonchev–Trinajstić information content (AvgIpc) is 1.79. The van der Waals surface area contributed by atoms with Gasteiger partial charge in [-0.15, -0.1) is 0 Å². The summed E-state index contributed by atoms with van der Waals surface area (Å²) in [7, 11) is 0. The zero-order valence-electron chi connectivity index (χ0n) is 5.58. The van der Waals surface area contributed by atoms with Crippen molar-refractivity contribution in [1.29, 1.82) is 0 Å². The molecule has 0 saturated carbocycles. The minimum Gasteiger partial charge on any atom is -0.166 e. The lowest BCUT2D eigenvalue weighted by Gasteiger charge is -2.05. The highest BCUT2D eigenvalue weighted by molar-refractivity contribution is 9.11. The summed E-state index contributed by atoms with van der Waals surface area (Å²) in [4.78, 5) is 0. The summed E-state index contributed by atoms with van der Waals surface area (Å²) in [5.41, 5.74) is -0.806. The zero-order chi connectivity index (χ0) is 9.07. The maximum Gasteiger partial charge on any atom is 0.416 e. The van der Waals surface area contributed by atoms with Gasteiger partial charge in [-0.25, -0.2) is 0 Å². The second-order valence-electron chi connectivity index (χ2n) is 1.75. The molecule has 0 heterocycles. The van der Waals surface area contributed by atoms with Crippen LogP contribution in [0.25, 0.3) is 0 Å². The smallest absolute Gasteiger partial charge is 0.166 e. The van der Waals surface area contributed by atoms with Gasteiger partial charge in [0.25, 0.3) is 0 Å². The van der Waals surface area contributed by atoms with E-state index in [-0.39, 0.29) is 4.48 Å². The van der Waals surface area contributed by atoms with Crippen LogP contribution in [0, 0.1) is 0 Å². The molecule has 0 unspecified atom stereocenters. The van der Waals surface area contributed by atoms with Crippen molar-refractivity contribution in [3.05, 3.63) is 35.4 Å². The van der Waals surface area contributed by atoms with Crippen molar-refractivity contribution in [2.75, 3.05) is 0 Å². The Kier molecular flexibility index (Phi) is 3.58. The molecule has 0 rings (SSSR count). The highest BCUT2D eigenvalue weighted by Crippen LogP contribution is 2.27. The predicted molar refractivity (Wildman–Crippen MR) is 42.4 cm³/mol. The normalized spacial score (nSPS) is 12.9. The Morgan fingerprint density at radius 2 is 1.82 bits per heavy atom. The standard InChI is InChI=1S/C7H6BrF3/c1-3-6(4-5(2)8)7(9,10)11/h3-4H,1-2H2/b6-4+. The number of rotatable bonds is 2. The molecular weight excluding hydrogens is 221 g/mol. The molecular formula is C7H6BrF3. The van der Waals surface area contributed by atoms with Crippen molar-refractivity contribution in [2.24, 2.45) is 0 Å². The van der Waals surface area contributed by atoms with Crippen molar-refractivity contribution in [3.63, 3.8) is 0 Å². The quantitative estimate of drug-likeness (QED) is 0.632. The van der Waals surface area contributed by atoms with Crippen LogP contribution in [0.15, 0.2) is 35.4 Å². The fraction of sp³-hybridized carbons (Fsp3) is 0.143. The fourth-order valence-electron chi connectivity index (χ4n) is 0.425. The second kappa shape index (κ2) is 3.76. The third-order valence-electron chi connectivity index (χ3n) is 0.859. The van der Waals surface area contributed by atoms with Crippen molar-refractivity contribution in [2.45, 2.75) is 6.18 Å². The Hall–Kier alpha value is -0.510. The molecule has 0 N–H and O–H groups in total.